The van der Waals surface area contributed by atoms with E-state index < -0.39 is 0 Å². The Kier molecular flexibility index (Phi) is 0.884. The first kappa shape index (κ1) is 4.80. The molecule has 0 aliphatic heterocycles. The van der Waals surface area contributed by atoms with E-state index in [1.165, 1.54) is 19.3 Å². The van der Waals surface area contributed by atoms with Crippen LogP contribution in [0.2, 0.25) is 0 Å². The van der Waals surface area contributed by atoms with E-state index in [9.17, 15) is 5.11 Å². The first-order chi connectivity index (χ1) is 3.86. The van der Waals surface area contributed by atoms with Crippen molar-refractivity contribution >= 4 is 0 Å². The number of hydrogen-bond acceptors (Lipinski definition) is 1. The summed E-state index contributed by atoms with van der Waals surface area (Å²) in [5.41, 5.74) is 0. The molecule has 2 aliphatic carbocycles. The van der Waals surface area contributed by atoms with Crippen LogP contribution >= 0.6 is 0 Å². The Balaban J connectivity index is 2.11. The van der Waals surface area contributed by atoms with Crippen LogP contribution < -0.4 is 0 Å². The van der Waals surface area contributed by atoms with Gasteiger partial charge in [-0.1, -0.05) is 0 Å². The van der Waals surface area contributed by atoms with Crippen molar-refractivity contribution in [2.75, 3.05) is 0 Å². The number of aliphatic hydroxyl groups is 1. The van der Waals surface area contributed by atoms with E-state index in [4.69, 9.17) is 0 Å². The second-order valence-corrected chi connectivity index (χ2v) is 3.24. The lowest BCUT2D eigenvalue weighted by molar-refractivity contribution is 0.113. The van der Waals surface area contributed by atoms with Crippen LogP contribution in [0.5, 0.6) is 0 Å². The Labute approximate surface area is 49.7 Å². The van der Waals surface area contributed by atoms with E-state index in [2.05, 4.69) is 0 Å². The van der Waals surface area contributed by atoms with Gasteiger partial charge in [-0.05, 0) is 37.5 Å². The molecule has 2 fully saturated rings. The zero-order valence-corrected chi connectivity index (χ0v) is 5.01. The van der Waals surface area contributed by atoms with E-state index in [0.717, 1.165) is 12.3 Å². The summed E-state index contributed by atoms with van der Waals surface area (Å²) in [5.74, 6) is 1.59. The standard InChI is InChI=1S/C7H12O/c8-7-4-5-1-2-6(7)3-5/h5-8H,1-4H2/t5?,6-,7+/m0/s1. The van der Waals surface area contributed by atoms with Gasteiger partial charge in [0.2, 0.25) is 0 Å². The van der Waals surface area contributed by atoms with E-state index in [1.54, 1.807) is 0 Å². The van der Waals surface area contributed by atoms with Crippen molar-refractivity contribution in [3.05, 3.63) is 0 Å². The molecule has 1 heteroatoms. The van der Waals surface area contributed by atoms with Gasteiger partial charge in [0.05, 0.1) is 6.10 Å². The lowest BCUT2D eigenvalue weighted by atomic mass is 9.98. The van der Waals surface area contributed by atoms with E-state index in [1.807, 2.05) is 0 Å². The summed E-state index contributed by atoms with van der Waals surface area (Å²) >= 11 is 0. The minimum atomic E-state index is 0.0775. The van der Waals surface area contributed by atoms with Gasteiger partial charge in [0, 0.05) is 0 Å². The molecule has 8 heavy (non-hydrogen) atoms. The Morgan fingerprint density at radius 1 is 1.12 bits per heavy atom. The summed E-state index contributed by atoms with van der Waals surface area (Å²) in [6.07, 6.45) is 5.19. The molecule has 46 valence electrons. The van der Waals surface area contributed by atoms with Crippen LogP contribution in [0.15, 0.2) is 0 Å². The van der Waals surface area contributed by atoms with Gasteiger partial charge in [0.25, 0.3) is 0 Å². The zero-order chi connectivity index (χ0) is 5.56. The highest BCUT2D eigenvalue weighted by molar-refractivity contribution is 4.89. The molecule has 2 saturated carbocycles. The third-order valence-electron chi connectivity index (χ3n) is 2.70. The minimum Gasteiger partial charge on any atom is -0.393 e. The Morgan fingerprint density at radius 3 is 2.25 bits per heavy atom. The summed E-state index contributed by atoms with van der Waals surface area (Å²) in [6.45, 7) is 0. The molecule has 1 unspecified atom stereocenters. The third-order valence-corrected chi connectivity index (χ3v) is 2.70. The van der Waals surface area contributed by atoms with Crippen molar-refractivity contribution in [1.82, 2.24) is 0 Å². The minimum absolute atomic E-state index is 0.0775. The van der Waals surface area contributed by atoms with Gasteiger partial charge in [-0.2, -0.15) is 0 Å². The highest BCUT2D eigenvalue weighted by Gasteiger charge is 2.38. The average Bonchev–Trinajstić information content (AvgIpc) is 2.23. The molecule has 3 atom stereocenters. The maximum Gasteiger partial charge on any atom is 0.0571 e. The molecule has 2 aliphatic rings. The summed E-state index contributed by atoms with van der Waals surface area (Å²) in [4.78, 5) is 0. The SMILES string of the molecule is O[C@@H]1CC2CC[C@H]1C2. The molecule has 2 rings (SSSR count). The van der Waals surface area contributed by atoms with Crippen molar-refractivity contribution in [3.63, 3.8) is 0 Å². The summed E-state index contributed by atoms with van der Waals surface area (Å²) in [6, 6.07) is 0. The monoisotopic (exact) mass is 112 g/mol. The molecule has 0 aromatic heterocycles. The maximum atomic E-state index is 9.22. The van der Waals surface area contributed by atoms with Crippen molar-refractivity contribution in [1.29, 1.82) is 0 Å². The maximum absolute atomic E-state index is 9.22. The van der Waals surface area contributed by atoms with Crippen molar-refractivity contribution in [3.8, 4) is 0 Å². The molecule has 0 amide bonds. The van der Waals surface area contributed by atoms with Gasteiger partial charge in [0.15, 0.2) is 0 Å². The van der Waals surface area contributed by atoms with Crippen molar-refractivity contribution in [2.45, 2.75) is 31.8 Å². The summed E-state index contributed by atoms with van der Waals surface area (Å²) in [5, 5.41) is 9.22. The number of hydrogen-bond donors (Lipinski definition) is 1. The fourth-order valence-corrected chi connectivity index (χ4v) is 2.21. The molecule has 0 saturated heterocycles. The predicted octanol–water partition coefficient (Wildman–Crippen LogP) is 1.17. The molecule has 0 aromatic rings. The summed E-state index contributed by atoms with van der Waals surface area (Å²) < 4.78 is 0. The quantitative estimate of drug-likeness (QED) is 0.498. The third kappa shape index (κ3) is 0.510. The van der Waals surface area contributed by atoms with Crippen LogP contribution in [0.4, 0.5) is 0 Å². The lowest BCUT2D eigenvalue weighted by Crippen LogP contribution is -2.14. The van der Waals surface area contributed by atoms with Crippen LogP contribution in [0.1, 0.15) is 25.7 Å². The Bertz CT molecular complexity index is 98.6. The van der Waals surface area contributed by atoms with E-state index in [-0.39, 0.29) is 6.10 Å². The van der Waals surface area contributed by atoms with Crippen molar-refractivity contribution in [2.24, 2.45) is 11.8 Å². The first-order valence-electron chi connectivity index (χ1n) is 3.54. The number of fused-ring (bicyclic) bond motifs is 2. The Hall–Kier alpha value is -0.0400. The molecule has 0 heterocycles. The van der Waals surface area contributed by atoms with Gasteiger partial charge >= 0.3 is 0 Å². The van der Waals surface area contributed by atoms with Crippen LogP contribution in [0.25, 0.3) is 0 Å². The fraction of sp³-hybridized carbons (Fsp3) is 1.00. The summed E-state index contributed by atoms with van der Waals surface area (Å²) in [7, 11) is 0. The normalized spacial score (nSPS) is 52.9. The second-order valence-electron chi connectivity index (χ2n) is 3.24. The number of rotatable bonds is 0. The van der Waals surface area contributed by atoms with Crippen molar-refractivity contribution < 1.29 is 5.11 Å². The molecular weight excluding hydrogens is 100 g/mol. The molecule has 0 spiro atoms. The first-order valence-corrected chi connectivity index (χ1v) is 3.54. The fourth-order valence-electron chi connectivity index (χ4n) is 2.21. The van der Waals surface area contributed by atoms with Gasteiger partial charge < -0.3 is 5.11 Å². The largest absolute Gasteiger partial charge is 0.393 e. The zero-order valence-electron chi connectivity index (χ0n) is 5.01. The van der Waals surface area contributed by atoms with Crippen LogP contribution in [-0.2, 0) is 0 Å². The molecule has 1 nitrogen and oxygen atoms in total. The topological polar surface area (TPSA) is 20.2 Å². The van der Waals surface area contributed by atoms with Gasteiger partial charge in [-0.3, -0.25) is 0 Å². The van der Waals surface area contributed by atoms with Gasteiger partial charge in [-0.25, -0.2) is 0 Å². The Morgan fingerprint density at radius 2 is 2.00 bits per heavy atom. The molecule has 2 bridgehead atoms. The lowest BCUT2D eigenvalue weighted by Gasteiger charge is -2.14. The predicted molar refractivity (Wildman–Crippen MR) is 31.5 cm³/mol. The van der Waals surface area contributed by atoms with Gasteiger partial charge in [0.1, 0.15) is 0 Å². The van der Waals surface area contributed by atoms with Crippen LogP contribution in [0.3, 0.4) is 0 Å². The highest BCUT2D eigenvalue weighted by Crippen LogP contribution is 2.44. The molecule has 0 radical (unpaired) electrons. The molecule has 1 N–H and O–H groups in total. The average molecular weight is 112 g/mol. The van der Waals surface area contributed by atoms with E-state index >= 15 is 0 Å². The molecular formula is C7H12O. The van der Waals surface area contributed by atoms with Crippen LogP contribution in [-0.4, -0.2) is 11.2 Å². The number of aliphatic hydroxyl groups excluding tert-OH is 1. The van der Waals surface area contributed by atoms with Gasteiger partial charge in [-0.15, -0.1) is 0 Å². The van der Waals surface area contributed by atoms with E-state index in [0.29, 0.717) is 5.92 Å². The highest BCUT2D eigenvalue weighted by atomic mass is 16.3. The smallest absolute Gasteiger partial charge is 0.0571 e. The molecule has 0 aromatic carbocycles. The van der Waals surface area contributed by atoms with Crippen LogP contribution in [0, 0.1) is 11.8 Å². The second kappa shape index (κ2) is 1.47.